The smallest absolute Gasteiger partial charge is 0.233 e. The second-order valence-electron chi connectivity index (χ2n) is 5.33. The first kappa shape index (κ1) is 16.3. The number of aromatic nitrogens is 2. The molecular weight excluding hydrogens is 324 g/mol. The molecule has 0 bridgehead atoms. The molecule has 3 heterocycles. The molecule has 1 amide bonds. The first-order chi connectivity index (χ1) is 11.7. The van der Waals surface area contributed by atoms with Crippen LogP contribution >= 0.6 is 11.8 Å². The van der Waals surface area contributed by atoms with E-state index in [1.165, 1.54) is 11.8 Å². The average molecular weight is 340 g/mol. The minimum atomic E-state index is -0.0821. The highest BCUT2D eigenvalue weighted by atomic mass is 32.2. The first-order valence-electron chi connectivity index (χ1n) is 7.58. The molecule has 122 valence electrons. The Morgan fingerprint density at radius 2 is 2.21 bits per heavy atom. The van der Waals surface area contributed by atoms with Crippen molar-refractivity contribution in [3.63, 3.8) is 0 Å². The van der Waals surface area contributed by atoms with Crippen molar-refractivity contribution >= 4 is 17.7 Å². The molecule has 0 spiro atoms. The van der Waals surface area contributed by atoms with Gasteiger partial charge in [-0.25, -0.2) is 4.98 Å². The van der Waals surface area contributed by atoms with Gasteiger partial charge in [0.05, 0.1) is 23.9 Å². The Morgan fingerprint density at radius 3 is 3.00 bits per heavy atom. The number of nitrogens with zero attached hydrogens (tertiary/aromatic N) is 4. The summed E-state index contributed by atoms with van der Waals surface area (Å²) in [5.41, 5.74) is 0.514. The maximum absolute atomic E-state index is 12.3. The van der Waals surface area contributed by atoms with Crippen LogP contribution in [0, 0.1) is 11.3 Å². The van der Waals surface area contributed by atoms with Crippen LogP contribution in [0.1, 0.15) is 12.0 Å². The van der Waals surface area contributed by atoms with Gasteiger partial charge < -0.3 is 9.64 Å². The molecule has 0 radical (unpaired) electrons. The molecule has 7 heteroatoms. The second-order valence-corrected chi connectivity index (χ2v) is 6.38. The van der Waals surface area contributed by atoms with Crippen LogP contribution in [0.3, 0.4) is 0 Å². The van der Waals surface area contributed by atoms with E-state index in [2.05, 4.69) is 16.0 Å². The Bertz CT molecular complexity index is 748. The SMILES string of the molecule is N#Cc1ccnc(OC2CCN(C(=O)CSc3ccncc3)C2)c1. The van der Waals surface area contributed by atoms with Gasteiger partial charge in [0.25, 0.3) is 0 Å². The lowest BCUT2D eigenvalue weighted by Gasteiger charge is -2.16. The maximum atomic E-state index is 12.3. The molecule has 0 aliphatic carbocycles. The highest BCUT2D eigenvalue weighted by Crippen LogP contribution is 2.20. The summed E-state index contributed by atoms with van der Waals surface area (Å²) in [5.74, 6) is 0.931. The summed E-state index contributed by atoms with van der Waals surface area (Å²) in [6, 6.07) is 9.09. The Kier molecular flexibility index (Phi) is 5.29. The topological polar surface area (TPSA) is 79.1 Å². The van der Waals surface area contributed by atoms with E-state index in [9.17, 15) is 4.79 Å². The third-order valence-corrected chi connectivity index (χ3v) is 4.66. The number of likely N-dealkylation sites (tertiary alicyclic amines) is 1. The molecule has 0 saturated carbocycles. The number of carbonyl (C=O) groups excluding carboxylic acids is 1. The molecule has 1 fully saturated rings. The van der Waals surface area contributed by atoms with Gasteiger partial charge in [-0.05, 0) is 18.2 Å². The highest BCUT2D eigenvalue weighted by Gasteiger charge is 2.27. The van der Waals surface area contributed by atoms with E-state index in [0.717, 1.165) is 11.3 Å². The molecule has 6 nitrogen and oxygen atoms in total. The van der Waals surface area contributed by atoms with Gasteiger partial charge in [0.1, 0.15) is 6.10 Å². The molecule has 24 heavy (non-hydrogen) atoms. The van der Waals surface area contributed by atoms with Gasteiger partial charge in [0.15, 0.2) is 0 Å². The third kappa shape index (κ3) is 4.24. The zero-order valence-electron chi connectivity index (χ0n) is 13.0. The monoisotopic (exact) mass is 340 g/mol. The quantitative estimate of drug-likeness (QED) is 0.776. The lowest BCUT2D eigenvalue weighted by Crippen LogP contribution is -2.32. The molecular formula is C17H16N4O2S. The summed E-state index contributed by atoms with van der Waals surface area (Å²) < 4.78 is 5.79. The number of carbonyl (C=O) groups is 1. The van der Waals surface area contributed by atoms with Crippen molar-refractivity contribution in [2.24, 2.45) is 0 Å². The van der Waals surface area contributed by atoms with E-state index in [4.69, 9.17) is 10.00 Å². The van der Waals surface area contributed by atoms with Gasteiger partial charge in [-0.2, -0.15) is 5.26 Å². The van der Waals surface area contributed by atoms with Crippen molar-refractivity contribution in [1.82, 2.24) is 14.9 Å². The number of nitriles is 1. The van der Waals surface area contributed by atoms with Crippen molar-refractivity contribution in [1.29, 1.82) is 5.26 Å². The maximum Gasteiger partial charge on any atom is 0.233 e. The molecule has 0 aromatic carbocycles. The molecule has 2 aromatic rings. The predicted octanol–water partition coefficient (Wildman–Crippen LogP) is 2.12. The molecule has 1 aliphatic rings. The fourth-order valence-electron chi connectivity index (χ4n) is 2.44. The number of ether oxygens (including phenoxy) is 1. The van der Waals surface area contributed by atoms with Gasteiger partial charge >= 0.3 is 0 Å². The van der Waals surface area contributed by atoms with Crippen molar-refractivity contribution in [3.8, 4) is 11.9 Å². The summed E-state index contributed by atoms with van der Waals surface area (Å²) in [6.07, 6.45) is 5.67. The van der Waals surface area contributed by atoms with Crippen LogP contribution in [0.25, 0.3) is 0 Å². The van der Waals surface area contributed by atoms with Gasteiger partial charge in [-0.15, -0.1) is 11.8 Å². The normalized spacial score (nSPS) is 16.6. The lowest BCUT2D eigenvalue weighted by atomic mass is 10.3. The fraction of sp³-hybridized carbons (Fsp3) is 0.294. The summed E-state index contributed by atoms with van der Waals surface area (Å²) >= 11 is 1.51. The van der Waals surface area contributed by atoms with Crippen LogP contribution in [0.5, 0.6) is 5.88 Å². The zero-order chi connectivity index (χ0) is 16.8. The third-order valence-electron chi connectivity index (χ3n) is 3.66. The van der Waals surface area contributed by atoms with E-state index in [-0.39, 0.29) is 12.0 Å². The predicted molar refractivity (Wildman–Crippen MR) is 89.5 cm³/mol. The minimum Gasteiger partial charge on any atom is -0.472 e. The van der Waals surface area contributed by atoms with E-state index in [1.54, 1.807) is 30.7 Å². The molecule has 2 aromatic heterocycles. The van der Waals surface area contributed by atoms with Gasteiger partial charge in [0, 0.05) is 42.5 Å². The Morgan fingerprint density at radius 1 is 1.38 bits per heavy atom. The molecule has 1 unspecified atom stereocenters. The summed E-state index contributed by atoms with van der Waals surface area (Å²) in [7, 11) is 0. The number of amides is 1. The van der Waals surface area contributed by atoms with Gasteiger partial charge in [0.2, 0.25) is 11.8 Å². The van der Waals surface area contributed by atoms with Gasteiger partial charge in [-0.3, -0.25) is 9.78 Å². The molecule has 1 saturated heterocycles. The molecule has 1 aliphatic heterocycles. The average Bonchev–Trinajstić information content (AvgIpc) is 3.09. The summed E-state index contributed by atoms with van der Waals surface area (Å²) in [4.78, 5) is 23.2. The number of thioether (sulfide) groups is 1. The van der Waals surface area contributed by atoms with Crippen LogP contribution in [0.2, 0.25) is 0 Å². The van der Waals surface area contributed by atoms with Crippen LogP contribution < -0.4 is 4.74 Å². The van der Waals surface area contributed by atoms with Crippen LogP contribution in [-0.2, 0) is 4.79 Å². The van der Waals surface area contributed by atoms with E-state index in [1.807, 2.05) is 17.0 Å². The largest absolute Gasteiger partial charge is 0.472 e. The first-order valence-corrected chi connectivity index (χ1v) is 8.56. The number of hydrogen-bond acceptors (Lipinski definition) is 6. The molecule has 3 rings (SSSR count). The van der Waals surface area contributed by atoms with Gasteiger partial charge in [-0.1, -0.05) is 0 Å². The second kappa shape index (κ2) is 7.79. The highest BCUT2D eigenvalue weighted by molar-refractivity contribution is 8.00. The fourth-order valence-corrected chi connectivity index (χ4v) is 3.22. The minimum absolute atomic E-state index is 0.0821. The zero-order valence-corrected chi connectivity index (χ0v) is 13.8. The molecule has 1 atom stereocenters. The Labute approximate surface area is 144 Å². The van der Waals surface area contributed by atoms with Crippen molar-refractivity contribution in [3.05, 3.63) is 48.4 Å². The van der Waals surface area contributed by atoms with Crippen molar-refractivity contribution < 1.29 is 9.53 Å². The Balaban J connectivity index is 1.49. The van der Waals surface area contributed by atoms with E-state index >= 15 is 0 Å². The Hall–Kier alpha value is -2.59. The van der Waals surface area contributed by atoms with Crippen LogP contribution in [-0.4, -0.2) is 45.7 Å². The van der Waals surface area contributed by atoms with Crippen LogP contribution in [0.4, 0.5) is 0 Å². The van der Waals surface area contributed by atoms with Crippen molar-refractivity contribution in [2.75, 3.05) is 18.8 Å². The molecule has 0 N–H and O–H groups in total. The number of hydrogen-bond donors (Lipinski definition) is 0. The summed E-state index contributed by atoms with van der Waals surface area (Å²) in [5, 5.41) is 8.90. The summed E-state index contributed by atoms with van der Waals surface area (Å²) in [6.45, 7) is 1.23. The standard InChI is InChI=1S/C17H16N4O2S/c18-10-13-1-7-20-16(9-13)23-14-4-8-21(11-14)17(22)12-24-15-2-5-19-6-3-15/h1-3,5-7,9,14H,4,8,11-12H2. The van der Waals surface area contributed by atoms with E-state index in [0.29, 0.717) is 30.3 Å². The number of rotatable bonds is 5. The van der Waals surface area contributed by atoms with Crippen molar-refractivity contribution in [2.45, 2.75) is 17.4 Å². The lowest BCUT2D eigenvalue weighted by molar-refractivity contribution is -0.127. The van der Waals surface area contributed by atoms with Crippen LogP contribution in [0.15, 0.2) is 47.8 Å². The number of pyridine rings is 2. The van der Waals surface area contributed by atoms with E-state index < -0.39 is 0 Å².